The van der Waals surface area contributed by atoms with E-state index in [9.17, 15) is 9.59 Å². The predicted molar refractivity (Wildman–Crippen MR) is 209 cm³/mol. The number of esters is 2. The van der Waals surface area contributed by atoms with E-state index in [1.807, 2.05) is 25.1 Å². The lowest BCUT2D eigenvalue weighted by molar-refractivity contribution is -0.145. The summed E-state index contributed by atoms with van der Waals surface area (Å²) in [5, 5.41) is 0.237. The third-order valence-corrected chi connectivity index (χ3v) is 22.0. The van der Waals surface area contributed by atoms with Crippen LogP contribution in [-0.2, 0) is 27.9 Å². The van der Waals surface area contributed by atoms with E-state index in [1.54, 1.807) is 11.8 Å². The summed E-state index contributed by atoms with van der Waals surface area (Å²) in [5.74, 6) is -0.159. The van der Waals surface area contributed by atoms with Gasteiger partial charge in [-0.3, -0.25) is 9.59 Å². The van der Waals surface area contributed by atoms with Gasteiger partial charge in [0, 0.05) is 23.8 Å². The lowest BCUT2D eigenvalue weighted by Crippen LogP contribution is -2.47. The van der Waals surface area contributed by atoms with Crippen molar-refractivity contribution in [2.45, 2.75) is 209 Å². The van der Waals surface area contributed by atoms with Crippen LogP contribution in [-0.4, -0.2) is 57.7 Å². The molecule has 1 unspecified atom stereocenters. The van der Waals surface area contributed by atoms with Gasteiger partial charge in [0.2, 0.25) is 0 Å². The van der Waals surface area contributed by atoms with Crippen LogP contribution < -0.4 is 0 Å². The van der Waals surface area contributed by atoms with Crippen LogP contribution in [0.25, 0.3) is 0 Å². The summed E-state index contributed by atoms with van der Waals surface area (Å²) in [6.45, 7) is 25.0. The molecule has 2 aliphatic rings. The van der Waals surface area contributed by atoms with Crippen molar-refractivity contribution in [1.29, 1.82) is 0 Å². The number of cyclic esters (lactones) is 2. The number of carbonyl (C=O) groups is 2. The molecule has 0 aromatic heterocycles. The van der Waals surface area contributed by atoms with Crippen LogP contribution in [0.1, 0.15) is 138 Å². The molecular formula is C40H70O6SSi2. The maximum Gasteiger partial charge on any atom is 0.323 e. The fourth-order valence-electron chi connectivity index (χ4n) is 6.51. The molecule has 0 bridgehead atoms. The third kappa shape index (κ3) is 12.8. The van der Waals surface area contributed by atoms with E-state index in [0.717, 1.165) is 43.4 Å². The Labute approximate surface area is 306 Å². The first-order chi connectivity index (χ1) is 22.7. The van der Waals surface area contributed by atoms with Crippen molar-refractivity contribution in [1.82, 2.24) is 0 Å². The second-order valence-electron chi connectivity index (χ2n) is 17.9. The molecule has 9 heteroatoms. The number of carbonyl (C=O) groups excluding carboxylic acids is 2. The molecule has 0 amide bonds. The number of rotatable bonds is 20. The van der Waals surface area contributed by atoms with Gasteiger partial charge in [0.25, 0.3) is 0 Å². The van der Waals surface area contributed by atoms with Crippen LogP contribution in [0.5, 0.6) is 0 Å². The van der Waals surface area contributed by atoms with Gasteiger partial charge >= 0.3 is 11.9 Å². The van der Waals surface area contributed by atoms with Gasteiger partial charge < -0.3 is 18.3 Å². The fraction of sp³-hybridized carbons (Fsp3) is 0.800. The normalized spacial score (nSPS) is 23.4. The molecule has 49 heavy (non-hydrogen) atoms. The van der Waals surface area contributed by atoms with Crippen LogP contribution in [0.3, 0.4) is 0 Å². The number of benzene rings is 1. The van der Waals surface area contributed by atoms with Crippen LogP contribution >= 0.6 is 11.8 Å². The SMILES string of the molecule is C[C@H]1CC(C[C@@H](CCCCCCCCCC[C@@H](O[Si](C)(C)C(C)(C)C)[C@H]2CCC(=O)O2)O[Si](C)(C)C(C)(C)C)(Sc2ccccc2)C(=O)O1. The molecule has 5 atom stereocenters. The topological polar surface area (TPSA) is 71.1 Å². The summed E-state index contributed by atoms with van der Waals surface area (Å²) >= 11 is 1.67. The first-order valence-corrected chi connectivity index (χ1v) is 25.9. The lowest BCUT2D eigenvalue weighted by atomic mass is 9.94. The molecule has 2 heterocycles. The van der Waals surface area contributed by atoms with Crippen molar-refractivity contribution in [2.24, 2.45) is 0 Å². The maximum absolute atomic E-state index is 13.4. The molecule has 1 aromatic rings. The summed E-state index contributed by atoms with van der Waals surface area (Å²) in [6.07, 6.45) is 14.1. The summed E-state index contributed by atoms with van der Waals surface area (Å²) in [5.41, 5.74) is 0. The van der Waals surface area contributed by atoms with Gasteiger partial charge in [0.1, 0.15) is 17.0 Å². The van der Waals surface area contributed by atoms with Crippen LogP contribution in [0.15, 0.2) is 35.2 Å². The summed E-state index contributed by atoms with van der Waals surface area (Å²) < 4.78 is 24.7. The highest BCUT2D eigenvalue weighted by Crippen LogP contribution is 2.48. The first kappa shape index (κ1) is 42.3. The lowest BCUT2D eigenvalue weighted by Gasteiger charge is -2.41. The van der Waals surface area contributed by atoms with Crippen molar-refractivity contribution in [2.75, 3.05) is 0 Å². The molecule has 6 nitrogen and oxygen atoms in total. The van der Waals surface area contributed by atoms with E-state index in [0.29, 0.717) is 12.8 Å². The van der Waals surface area contributed by atoms with E-state index < -0.39 is 21.4 Å². The predicted octanol–water partition coefficient (Wildman–Crippen LogP) is 11.6. The molecule has 0 saturated carbocycles. The minimum atomic E-state index is -2.03. The maximum atomic E-state index is 13.4. The molecule has 0 radical (unpaired) electrons. The number of unbranched alkanes of at least 4 members (excludes halogenated alkanes) is 7. The highest BCUT2D eigenvalue weighted by molar-refractivity contribution is 8.01. The summed E-state index contributed by atoms with van der Waals surface area (Å²) in [6, 6.07) is 10.3. The Kier molecular flexibility index (Phi) is 15.6. The summed E-state index contributed by atoms with van der Waals surface area (Å²) in [7, 11) is -3.98. The standard InChI is InChI=1S/C40H70O6SSi2/c1-31-29-40(37(42)43-31,47-33-24-20-18-21-25-33)30-32(45-48(8,9)38(2,3)4)23-19-16-14-12-13-15-17-22-26-35(34-27-28-36(41)44-34)46-49(10,11)39(5,6)7/h18,20-21,24-25,31-32,34-35H,12-17,19,22-23,26-30H2,1-11H3/t31-,32+,34+,35+,40?/m0/s1. The minimum Gasteiger partial charge on any atom is -0.462 e. The zero-order chi connectivity index (χ0) is 36.5. The zero-order valence-electron chi connectivity index (χ0n) is 33.0. The Morgan fingerprint density at radius 1 is 0.796 bits per heavy atom. The number of hydrogen-bond donors (Lipinski definition) is 0. The Morgan fingerprint density at radius 2 is 1.33 bits per heavy atom. The van der Waals surface area contributed by atoms with Crippen LogP contribution in [0, 0.1) is 0 Å². The number of ether oxygens (including phenoxy) is 2. The molecule has 2 aliphatic heterocycles. The summed E-state index contributed by atoms with van der Waals surface area (Å²) in [4.78, 5) is 26.4. The Hall–Kier alpha value is -1.14. The monoisotopic (exact) mass is 734 g/mol. The van der Waals surface area contributed by atoms with E-state index in [4.69, 9.17) is 18.3 Å². The average molecular weight is 735 g/mol. The zero-order valence-corrected chi connectivity index (χ0v) is 35.8. The Morgan fingerprint density at radius 3 is 1.82 bits per heavy atom. The van der Waals surface area contributed by atoms with Crippen molar-refractivity contribution in [3.8, 4) is 0 Å². The molecule has 3 rings (SSSR count). The fourth-order valence-corrected chi connectivity index (χ4v) is 10.7. The van der Waals surface area contributed by atoms with Crippen molar-refractivity contribution >= 4 is 40.3 Å². The smallest absolute Gasteiger partial charge is 0.323 e. The van der Waals surface area contributed by atoms with Gasteiger partial charge in [-0.15, -0.1) is 11.8 Å². The van der Waals surface area contributed by atoms with Gasteiger partial charge in [-0.25, -0.2) is 0 Å². The van der Waals surface area contributed by atoms with Crippen molar-refractivity contribution in [3.05, 3.63) is 30.3 Å². The number of thioether (sulfide) groups is 1. The Bertz CT molecular complexity index is 1180. The molecule has 2 fully saturated rings. The van der Waals surface area contributed by atoms with Gasteiger partial charge in [-0.05, 0) is 81.0 Å². The molecule has 280 valence electrons. The van der Waals surface area contributed by atoms with Gasteiger partial charge in [0.05, 0.1) is 6.10 Å². The van der Waals surface area contributed by atoms with Gasteiger partial charge in [-0.1, -0.05) is 111 Å². The molecule has 1 aromatic carbocycles. The van der Waals surface area contributed by atoms with E-state index in [1.165, 1.54) is 38.5 Å². The Balaban J connectivity index is 1.47. The molecule has 0 aliphatic carbocycles. The number of hydrogen-bond acceptors (Lipinski definition) is 7. The van der Waals surface area contributed by atoms with E-state index in [2.05, 4.69) is 79.9 Å². The molecular weight excluding hydrogens is 665 g/mol. The average Bonchev–Trinajstić information content (AvgIpc) is 3.53. The van der Waals surface area contributed by atoms with Gasteiger partial charge in [-0.2, -0.15) is 0 Å². The molecule has 0 N–H and O–H groups in total. The first-order valence-electron chi connectivity index (χ1n) is 19.2. The molecule has 0 spiro atoms. The van der Waals surface area contributed by atoms with Crippen molar-refractivity contribution < 1.29 is 27.9 Å². The van der Waals surface area contributed by atoms with E-state index >= 15 is 0 Å². The quantitative estimate of drug-likeness (QED) is 0.0750. The van der Waals surface area contributed by atoms with Crippen LogP contribution in [0.4, 0.5) is 0 Å². The highest BCUT2D eigenvalue weighted by Gasteiger charge is 2.51. The van der Waals surface area contributed by atoms with Crippen molar-refractivity contribution in [3.63, 3.8) is 0 Å². The second kappa shape index (κ2) is 18.1. The second-order valence-corrected chi connectivity index (χ2v) is 28.9. The van der Waals surface area contributed by atoms with Crippen LogP contribution in [0.2, 0.25) is 36.3 Å². The van der Waals surface area contributed by atoms with E-state index in [-0.39, 0.29) is 46.4 Å². The molecule has 2 saturated heterocycles. The minimum absolute atomic E-state index is 0.0216. The van der Waals surface area contributed by atoms with Gasteiger partial charge in [0.15, 0.2) is 16.6 Å². The largest absolute Gasteiger partial charge is 0.462 e. The third-order valence-electron chi connectivity index (χ3n) is 11.5. The highest BCUT2D eigenvalue weighted by atomic mass is 32.2.